The van der Waals surface area contributed by atoms with E-state index in [2.05, 4.69) is 264 Å². The van der Waals surface area contributed by atoms with Crippen LogP contribution in [-0.4, -0.2) is 4.57 Å². The fourth-order valence-electron chi connectivity index (χ4n) is 9.82. The van der Waals surface area contributed by atoms with E-state index in [1.54, 1.807) is 0 Å². The van der Waals surface area contributed by atoms with E-state index in [0.29, 0.717) is 0 Å². The molecule has 0 N–H and O–H groups in total. The van der Waals surface area contributed by atoms with E-state index in [4.69, 9.17) is 0 Å². The molecular formula is C62H42N2. The Hall–Kier alpha value is -8.46. The second-order valence-corrected chi connectivity index (χ2v) is 16.5. The van der Waals surface area contributed by atoms with Crippen LogP contribution in [0.25, 0.3) is 93.5 Å². The van der Waals surface area contributed by atoms with Crippen LogP contribution in [0.4, 0.5) is 17.1 Å². The molecule has 64 heavy (non-hydrogen) atoms. The molecule has 2 nitrogen and oxygen atoms in total. The molecule has 0 saturated heterocycles. The van der Waals surface area contributed by atoms with Gasteiger partial charge in [-0.05, 0) is 127 Å². The van der Waals surface area contributed by atoms with E-state index in [-0.39, 0.29) is 0 Å². The lowest BCUT2D eigenvalue weighted by atomic mass is 9.85. The van der Waals surface area contributed by atoms with E-state index in [9.17, 15) is 0 Å². The van der Waals surface area contributed by atoms with Crippen molar-refractivity contribution in [2.75, 3.05) is 4.90 Å². The smallest absolute Gasteiger partial charge is 0.0542 e. The average Bonchev–Trinajstić information content (AvgIpc) is 3.70. The Balaban J connectivity index is 0.935. The van der Waals surface area contributed by atoms with E-state index in [1.165, 1.54) is 87.9 Å². The summed E-state index contributed by atoms with van der Waals surface area (Å²) in [5, 5.41) is 7.43. The van der Waals surface area contributed by atoms with Crippen molar-refractivity contribution in [3.8, 4) is 50.2 Å². The van der Waals surface area contributed by atoms with Gasteiger partial charge in [0.1, 0.15) is 0 Å². The van der Waals surface area contributed by atoms with Crippen LogP contribution in [0.3, 0.4) is 0 Å². The highest BCUT2D eigenvalue weighted by Crippen LogP contribution is 2.45. The number of hydrogen-bond acceptors (Lipinski definition) is 1. The van der Waals surface area contributed by atoms with Gasteiger partial charge < -0.3 is 9.47 Å². The predicted molar refractivity (Wildman–Crippen MR) is 272 cm³/mol. The van der Waals surface area contributed by atoms with Crippen LogP contribution >= 0.6 is 0 Å². The summed E-state index contributed by atoms with van der Waals surface area (Å²) >= 11 is 0. The van der Waals surface area contributed by atoms with E-state index in [0.717, 1.165) is 22.7 Å². The Labute approximate surface area is 373 Å². The Bertz CT molecular complexity index is 3510. The van der Waals surface area contributed by atoms with Gasteiger partial charge in [-0.2, -0.15) is 0 Å². The number of nitrogens with zero attached hydrogens (tertiary/aromatic N) is 2. The highest BCUT2D eigenvalue weighted by Gasteiger charge is 2.19. The molecule has 300 valence electrons. The van der Waals surface area contributed by atoms with Gasteiger partial charge in [0.05, 0.1) is 11.0 Å². The molecule has 0 saturated carbocycles. The Morgan fingerprint density at radius 3 is 1.08 bits per heavy atom. The number of benzene rings is 11. The number of anilines is 3. The van der Waals surface area contributed by atoms with Gasteiger partial charge >= 0.3 is 0 Å². The zero-order chi connectivity index (χ0) is 42.4. The lowest BCUT2D eigenvalue weighted by Gasteiger charge is -2.25. The van der Waals surface area contributed by atoms with Crippen LogP contribution in [0.15, 0.2) is 255 Å². The van der Waals surface area contributed by atoms with E-state index >= 15 is 0 Å². The van der Waals surface area contributed by atoms with Gasteiger partial charge in [0.25, 0.3) is 0 Å². The molecule has 1 aromatic heterocycles. The van der Waals surface area contributed by atoms with Crippen LogP contribution < -0.4 is 4.90 Å². The summed E-state index contributed by atoms with van der Waals surface area (Å²) in [5.74, 6) is 0. The summed E-state index contributed by atoms with van der Waals surface area (Å²) in [6, 6.07) is 92.5. The molecule has 0 aliphatic carbocycles. The third kappa shape index (κ3) is 6.44. The van der Waals surface area contributed by atoms with Crippen molar-refractivity contribution in [3.05, 3.63) is 255 Å². The second kappa shape index (κ2) is 15.8. The third-order valence-electron chi connectivity index (χ3n) is 12.8. The minimum absolute atomic E-state index is 1.12. The maximum Gasteiger partial charge on any atom is 0.0542 e. The monoisotopic (exact) mass is 814 g/mol. The summed E-state index contributed by atoms with van der Waals surface area (Å²) in [4.78, 5) is 2.33. The van der Waals surface area contributed by atoms with Crippen molar-refractivity contribution in [2.45, 2.75) is 0 Å². The Morgan fingerprint density at radius 2 is 0.594 bits per heavy atom. The Morgan fingerprint density at radius 1 is 0.234 bits per heavy atom. The molecule has 0 atom stereocenters. The summed E-state index contributed by atoms with van der Waals surface area (Å²) in [5.41, 5.74) is 16.7. The molecule has 0 amide bonds. The molecule has 0 aliphatic rings. The molecule has 0 spiro atoms. The summed E-state index contributed by atoms with van der Waals surface area (Å²) in [6.07, 6.45) is 0. The van der Waals surface area contributed by atoms with E-state index in [1.807, 2.05) is 0 Å². The molecule has 0 bridgehead atoms. The van der Waals surface area contributed by atoms with Crippen molar-refractivity contribution >= 4 is 60.4 Å². The topological polar surface area (TPSA) is 8.17 Å². The molecular weight excluding hydrogens is 773 g/mol. The lowest BCUT2D eigenvalue weighted by molar-refractivity contribution is 1.18. The van der Waals surface area contributed by atoms with Crippen molar-refractivity contribution in [2.24, 2.45) is 0 Å². The maximum atomic E-state index is 2.41. The minimum atomic E-state index is 1.12. The number of hydrogen-bond donors (Lipinski definition) is 0. The molecule has 0 aliphatic heterocycles. The molecule has 0 fully saturated rings. The van der Waals surface area contributed by atoms with Crippen LogP contribution in [0.1, 0.15) is 0 Å². The maximum absolute atomic E-state index is 2.41. The van der Waals surface area contributed by atoms with Crippen molar-refractivity contribution in [3.63, 3.8) is 0 Å². The molecule has 2 heteroatoms. The molecule has 11 aromatic carbocycles. The third-order valence-corrected chi connectivity index (χ3v) is 12.8. The number of fused-ring (bicyclic) bond motifs is 5. The molecule has 1 heterocycles. The molecule has 12 rings (SSSR count). The lowest BCUT2D eigenvalue weighted by Crippen LogP contribution is -2.09. The first kappa shape index (κ1) is 37.3. The van der Waals surface area contributed by atoms with E-state index < -0.39 is 0 Å². The normalized spacial score (nSPS) is 11.4. The second-order valence-electron chi connectivity index (χ2n) is 16.5. The largest absolute Gasteiger partial charge is 0.310 e. The number of para-hydroxylation sites is 3. The van der Waals surface area contributed by atoms with Crippen molar-refractivity contribution in [1.82, 2.24) is 4.57 Å². The standard InChI is InChI=1S/C62H42N2/c1-4-16-43(17-5-1)44-28-30-45(31-29-44)46-32-34-47(35-33-46)61-54-23-10-12-25-56(54)62(57-26-13-11-24-55(57)61)48-36-38-51(39-37-48)64-59-27-15-14-22-53(59)58-42-52(40-41-60(58)64)63(49-18-6-2-7-19-49)50-20-8-3-9-21-50/h1-42H. The van der Waals surface area contributed by atoms with Gasteiger partial charge in [-0.15, -0.1) is 0 Å². The van der Waals surface area contributed by atoms with Gasteiger partial charge in [-0.1, -0.05) is 194 Å². The highest BCUT2D eigenvalue weighted by molar-refractivity contribution is 6.21. The van der Waals surface area contributed by atoms with Gasteiger partial charge in [0.15, 0.2) is 0 Å². The highest BCUT2D eigenvalue weighted by atomic mass is 15.1. The van der Waals surface area contributed by atoms with Crippen LogP contribution in [0.5, 0.6) is 0 Å². The Kier molecular flexibility index (Phi) is 9.20. The van der Waals surface area contributed by atoms with Crippen LogP contribution in [0.2, 0.25) is 0 Å². The first-order valence-electron chi connectivity index (χ1n) is 22.0. The minimum Gasteiger partial charge on any atom is -0.310 e. The first-order valence-corrected chi connectivity index (χ1v) is 22.0. The summed E-state index contributed by atoms with van der Waals surface area (Å²) < 4.78 is 2.41. The predicted octanol–water partition coefficient (Wildman–Crippen LogP) is 17.2. The van der Waals surface area contributed by atoms with Gasteiger partial charge in [0, 0.05) is 33.5 Å². The van der Waals surface area contributed by atoms with Crippen LogP contribution in [-0.2, 0) is 0 Å². The fourth-order valence-corrected chi connectivity index (χ4v) is 9.82. The SMILES string of the molecule is c1ccc(-c2ccc(-c3ccc(-c4c5ccccc5c(-c5ccc(-n6c7ccccc7c7cc(N(c8ccccc8)c8ccccc8)ccc76)cc5)c5ccccc45)cc3)cc2)cc1. The average molecular weight is 815 g/mol. The van der Waals surface area contributed by atoms with Gasteiger partial charge in [-0.25, -0.2) is 0 Å². The molecule has 0 radical (unpaired) electrons. The number of rotatable bonds is 8. The van der Waals surface area contributed by atoms with Crippen molar-refractivity contribution in [1.29, 1.82) is 0 Å². The quantitative estimate of drug-likeness (QED) is 0.139. The van der Waals surface area contributed by atoms with Crippen molar-refractivity contribution < 1.29 is 0 Å². The number of aromatic nitrogens is 1. The zero-order valence-corrected chi connectivity index (χ0v) is 35.1. The summed E-state index contributed by atoms with van der Waals surface area (Å²) in [6.45, 7) is 0. The first-order chi connectivity index (χ1) is 31.8. The van der Waals surface area contributed by atoms with Gasteiger partial charge in [-0.3, -0.25) is 0 Å². The molecule has 12 aromatic rings. The fraction of sp³-hybridized carbons (Fsp3) is 0. The summed E-state index contributed by atoms with van der Waals surface area (Å²) in [7, 11) is 0. The zero-order valence-electron chi connectivity index (χ0n) is 35.1. The van der Waals surface area contributed by atoms with Crippen LogP contribution in [0, 0.1) is 0 Å². The molecule has 0 unspecified atom stereocenters. The van der Waals surface area contributed by atoms with Gasteiger partial charge in [0.2, 0.25) is 0 Å².